The molecule has 3 heteroatoms. The van der Waals surface area contributed by atoms with Gasteiger partial charge in [0.15, 0.2) is 0 Å². The Kier molecular flexibility index (Phi) is 5.58. The lowest BCUT2D eigenvalue weighted by Gasteiger charge is -2.35. The molecule has 20 heavy (non-hydrogen) atoms. The summed E-state index contributed by atoms with van der Waals surface area (Å²) in [4.78, 5) is 2.39. The Bertz CT molecular complexity index is 431. The van der Waals surface area contributed by atoms with Gasteiger partial charge in [0.05, 0.1) is 18.8 Å². The number of aliphatic hydroxyl groups excluding tert-OH is 1. The summed E-state index contributed by atoms with van der Waals surface area (Å²) >= 11 is 0. The van der Waals surface area contributed by atoms with Crippen molar-refractivity contribution >= 4 is 0 Å². The van der Waals surface area contributed by atoms with Crippen molar-refractivity contribution in [1.82, 2.24) is 4.90 Å². The van der Waals surface area contributed by atoms with Crippen molar-refractivity contribution in [2.45, 2.75) is 45.8 Å². The molecule has 1 aliphatic rings. The molecular formula is C17H27NO2. The number of rotatable bonds is 5. The first-order valence-electron chi connectivity index (χ1n) is 7.68. The van der Waals surface area contributed by atoms with E-state index in [0.717, 1.165) is 32.7 Å². The number of nitrogens with zero attached hydrogens (tertiary/aromatic N) is 1. The minimum atomic E-state index is -0.420. The van der Waals surface area contributed by atoms with Gasteiger partial charge in [-0.1, -0.05) is 25.1 Å². The van der Waals surface area contributed by atoms with Gasteiger partial charge in [0.2, 0.25) is 0 Å². The van der Waals surface area contributed by atoms with E-state index in [1.165, 1.54) is 16.7 Å². The zero-order chi connectivity index (χ0) is 14.5. The largest absolute Gasteiger partial charge is 0.390 e. The molecule has 0 spiro atoms. The molecule has 1 saturated heterocycles. The summed E-state index contributed by atoms with van der Waals surface area (Å²) in [6, 6.07) is 6.41. The molecule has 1 fully saturated rings. The smallest absolute Gasteiger partial charge is 0.0964 e. The maximum atomic E-state index is 10.4. The highest BCUT2D eigenvalue weighted by molar-refractivity contribution is 5.30. The summed E-state index contributed by atoms with van der Waals surface area (Å²) < 4.78 is 5.75. The third-order valence-electron chi connectivity index (χ3n) is 4.16. The molecule has 3 nitrogen and oxygen atoms in total. The second-order valence-corrected chi connectivity index (χ2v) is 5.90. The van der Waals surface area contributed by atoms with Crippen LogP contribution >= 0.6 is 0 Å². The number of benzene rings is 1. The molecule has 2 unspecified atom stereocenters. The first-order chi connectivity index (χ1) is 9.60. The number of aliphatic hydroxyl groups is 1. The van der Waals surface area contributed by atoms with E-state index >= 15 is 0 Å². The molecule has 2 atom stereocenters. The van der Waals surface area contributed by atoms with Crippen molar-refractivity contribution in [2.24, 2.45) is 0 Å². The number of hydrogen-bond donors (Lipinski definition) is 1. The standard InChI is InChI=1S/C17H27NO2/c1-4-7-18-8-9-20-17(12-18)16(19)11-15-6-5-13(2)14(3)10-15/h5-6,10,16-17,19H,4,7-9,11-12H2,1-3H3. The van der Waals surface area contributed by atoms with E-state index in [1.807, 2.05) is 0 Å². The maximum Gasteiger partial charge on any atom is 0.0964 e. The van der Waals surface area contributed by atoms with Crippen LogP contribution in [-0.2, 0) is 11.2 Å². The van der Waals surface area contributed by atoms with Gasteiger partial charge in [0.25, 0.3) is 0 Å². The molecule has 1 aliphatic heterocycles. The van der Waals surface area contributed by atoms with Crippen molar-refractivity contribution in [1.29, 1.82) is 0 Å². The van der Waals surface area contributed by atoms with Crippen LogP contribution in [0.3, 0.4) is 0 Å². The van der Waals surface area contributed by atoms with E-state index in [1.54, 1.807) is 0 Å². The monoisotopic (exact) mass is 277 g/mol. The van der Waals surface area contributed by atoms with Crippen LogP contribution in [0.2, 0.25) is 0 Å². The Balaban J connectivity index is 1.93. The van der Waals surface area contributed by atoms with E-state index < -0.39 is 6.10 Å². The zero-order valence-electron chi connectivity index (χ0n) is 12.9. The fraction of sp³-hybridized carbons (Fsp3) is 0.647. The zero-order valence-corrected chi connectivity index (χ0v) is 12.9. The summed E-state index contributed by atoms with van der Waals surface area (Å²) in [5, 5.41) is 10.4. The van der Waals surface area contributed by atoms with E-state index in [0.29, 0.717) is 6.42 Å². The molecule has 0 amide bonds. The fourth-order valence-electron chi connectivity index (χ4n) is 2.79. The lowest BCUT2D eigenvalue weighted by atomic mass is 9.99. The highest BCUT2D eigenvalue weighted by Crippen LogP contribution is 2.16. The van der Waals surface area contributed by atoms with Crippen LogP contribution in [0.15, 0.2) is 18.2 Å². The van der Waals surface area contributed by atoms with Crippen molar-refractivity contribution < 1.29 is 9.84 Å². The van der Waals surface area contributed by atoms with Crippen LogP contribution in [0.1, 0.15) is 30.0 Å². The Morgan fingerprint density at radius 2 is 2.15 bits per heavy atom. The van der Waals surface area contributed by atoms with Crippen LogP contribution in [0.5, 0.6) is 0 Å². The first-order valence-corrected chi connectivity index (χ1v) is 7.68. The van der Waals surface area contributed by atoms with Gasteiger partial charge in [-0.15, -0.1) is 0 Å². The van der Waals surface area contributed by atoms with Crippen molar-refractivity contribution in [2.75, 3.05) is 26.2 Å². The second kappa shape index (κ2) is 7.21. The van der Waals surface area contributed by atoms with Crippen LogP contribution in [0.25, 0.3) is 0 Å². The van der Waals surface area contributed by atoms with E-state index in [-0.39, 0.29) is 6.10 Å². The average molecular weight is 277 g/mol. The molecule has 112 valence electrons. The van der Waals surface area contributed by atoms with Crippen molar-refractivity contribution in [3.05, 3.63) is 34.9 Å². The molecule has 0 aliphatic carbocycles. The van der Waals surface area contributed by atoms with Gasteiger partial charge in [-0.05, 0) is 43.5 Å². The third kappa shape index (κ3) is 4.05. The fourth-order valence-corrected chi connectivity index (χ4v) is 2.79. The molecule has 0 radical (unpaired) electrons. The molecule has 0 saturated carbocycles. The van der Waals surface area contributed by atoms with Gasteiger partial charge < -0.3 is 9.84 Å². The van der Waals surface area contributed by atoms with Crippen LogP contribution in [0, 0.1) is 13.8 Å². The number of aryl methyl sites for hydroxylation is 2. The van der Waals surface area contributed by atoms with Crippen LogP contribution < -0.4 is 0 Å². The third-order valence-corrected chi connectivity index (χ3v) is 4.16. The Labute approximate surface area is 122 Å². The SMILES string of the molecule is CCCN1CCOC(C(O)Cc2ccc(C)c(C)c2)C1. The number of hydrogen-bond acceptors (Lipinski definition) is 3. The predicted octanol–water partition coefficient (Wildman–Crippen LogP) is 2.32. The lowest BCUT2D eigenvalue weighted by molar-refractivity contribution is -0.0877. The summed E-state index contributed by atoms with van der Waals surface area (Å²) in [7, 11) is 0. The quantitative estimate of drug-likeness (QED) is 0.896. The molecular weight excluding hydrogens is 250 g/mol. The minimum Gasteiger partial charge on any atom is -0.390 e. The molecule has 1 heterocycles. The Morgan fingerprint density at radius 3 is 2.85 bits per heavy atom. The molecule has 1 N–H and O–H groups in total. The number of morpholine rings is 1. The number of ether oxygens (including phenoxy) is 1. The van der Waals surface area contributed by atoms with Crippen molar-refractivity contribution in [3.63, 3.8) is 0 Å². The van der Waals surface area contributed by atoms with Crippen molar-refractivity contribution in [3.8, 4) is 0 Å². The molecule has 1 aromatic carbocycles. The Morgan fingerprint density at radius 1 is 1.35 bits per heavy atom. The van der Waals surface area contributed by atoms with Gasteiger partial charge in [0, 0.05) is 19.5 Å². The Hall–Kier alpha value is -0.900. The van der Waals surface area contributed by atoms with Gasteiger partial charge in [-0.3, -0.25) is 4.90 Å². The normalized spacial score (nSPS) is 21.9. The summed E-state index contributed by atoms with van der Waals surface area (Å²) in [5.41, 5.74) is 3.77. The highest BCUT2D eigenvalue weighted by Gasteiger charge is 2.26. The summed E-state index contributed by atoms with van der Waals surface area (Å²) in [6.45, 7) is 10.1. The van der Waals surface area contributed by atoms with Crippen LogP contribution in [0.4, 0.5) is 0 Å². The predicted molar refractivity (Wildman–Crippen MR) is 82.1 cm³/mol. The van der Waals surface area contributed by atoms with Gasteiger partial charge >= 0.3 is 0 Å². The lowest BCUT2D eigenvalue weighted by Crippen LogP contribution is -2.48. The van der Waals surface area contributed by atoms with Gasteiger partial charge in [-0.2, -0.15) is 0 Å². The molecule has 2 rings (SSSR count). The van der Waals surface area contributed by atoms with Crippen LogP contribution in [-0.4, -0.2) is 48.5 Å². The molecule has 0 bridgehead atoms. The van der Waals surface area contributed by atoms with Gasteiger partial charge in [0.1, 0.15) is 0 Å². The van der Waals surface area contributed by atoms with E-state index in [9.17, 15) is 5.11 Å². The molecule has 1 aromatic rings. The first kappa shape index (κ1) is 15.5. The topological polar surface area (TPSA) is 32.7 Å². The maximum absolute atomic E-state index is 10.4. The average Bonchev–Trinajstić information content (AvgIpc) is 2.43. The second-order valence-electron chi connectivity index (χ2n) is 5.90. The summed E-state index contributed by atoms with van der Waals surface area (Å²) in [5.74, 6) is 0. The van der Waals surface area contributed by atoms with Gasteiger partial charge in [-0.25, -0.2) is 0 Å². The molecule has 0 aromatic heterocycles. The highest BCUT2D eigenvalue weighted by atomic mass is 16.5. The van der Waals surface area contributed by atoms with E-state index in [4.69, 9.17) is 4.74 Å². The van der Waals surface area contributed by atoms with E-state index in [2.05, 4.69) is 43.9 Å². The minimum absolute atomic E-state index is 0.0584. The summed E-state index contributed by atoms with van der Waals surface area (Å²) in [6.07, 6.45) is 1.35.